The standard InChI is InChI=1S/C11H15NO4/c1-6-7(14-2)5-8(15-3)9(11(12)13)10(6)16-4/h5H,1-4H3,(H2,12,13). The fourth-order valence-corrected chi connectivity index (χ4v) is 1.57. The van der Waals surface area contributed by atoms with Crippen molar-refractivity contribution in [2.45, 2.75) is 6.92 Å². The summed E-state index contributed by atoms with van der Waals surface area (Å²) in [5, 5.41) is 0. The van der Waals surface area contributed by atoms with Gasteiger partial charge in [0.25, 0.3) is 5.91 Å². The van der Waals surface area contributed by atoms with Crippen LogP contribution in [-0.4, -0.2) is 27.2 Å². The fraction of sp³-hybridized carbons (Fsp3) is 0.364. The Bertz CT molecular complexity index is 415. The van der Waals surface area contributed by atoms with Crippen molar-refractivity contribution in [3.8, 4) is 17.2 Å². The Morgan fingerprint density at radius 2 is 1.69 bits per heavy atom. The first-order chi connectivity index (χ1) is 7.56. The lowest BCUT2D eigenvalue weighted by molar-refractivity contribution is 0.0994. The molecule has 0 unspecified atom stereocenters. The summed E-state index contributed by atoms with van der Waals surface area (Å²) in [5.41, 5.74) is 6.22. The molecule has 0 bridgehead atoms. The van der Waals surface area contributed by atoms with Crippen LogP contribution in [0.15, 0.2) is 6.07 Å². The van der Waals surface area contributed by atoms with Gasteiger partial charge in [-0.25, -0.2) is 0 Å². The number of nitrogens with two attached hydrogens (primary N) is 1. The van der Waals surface area contributed by atoms with Crippen LogP contribution in [0.1, 0.15) is 15.9 Å². The van der Waals surface area contributed by atoms with Gasteiger partial charge in [0.15, 0.2) is 0 Å². The number of rotatable bonds is 4. The Morgan fingerprint density at radius 1 is 1.12 bits per heavy atom. The lowest BCUT2D eigenvalue weighted by Crippen LogP contribution is -2.15. The molecule has 0 saturated carbocycles. The predicted molar refractivity (Wildman–Crippen MR) is 59.4 cm³/mol. The highest BCUT2D eigenvalue weighted by atomic mass is 16.5. The molecule has 1 aromatic rings. The van der Waals surface area contributed by atoms with Gasteiger partial charge in [-0.3, -0.25) is 4.79 Å². The van der Waals surface area contributed by atoms with Gasteiger partial charge >= 0.3 is 0 Å². The largest absolute Gasteiger partial charge is 0.496 e. The van der Waals surface area contributed by atoms with E-state index < -0.39 is 5.91 Å². The number of ether oxygens (including phenoxy) is 3. The van der Waals surface area contributed by atoms with Crippen LogP contribution in [0.5, 0.6) is 17.2 Å². The third kappa shape index (κ3) is 1.88. The molecule has 1 amide bonds. The molecule has 0 saturated heterocycles. The third-order valence-electron chi connectivity index (χ3n) is 2.34. The number of carbonyl (C=O) groups excluding carboxylic acids is 1. The minimum absolute atomic E-state index is 0.225. The van der Waals surface area contributed by atoms with Gasteiger partial charge in [0.05, 0.1) is 21.3 Å². The Morgan fingerprint density at radius 3 is 2.06 bits per heavy atom. The molecule has 5 heteroatoms. The Hall–Kier alpha value is -1.91. The molecule has 88 valence electrons. The van der Waals surface area contributed by atoms with Crippen LogP contribution in [0.3, 0.4) is 0 Å². The van der Waals surface area contributed by atoms with Crippen molar-refractivity contribution in [3.63, 3.8) is 0 Å². The van der Waals surface area contributed by atoms with E-state index in [2.05, 4.69) is 0 Å². The van der Waals surface area contributed by atoms with E-state index in [1.54, 1.807) is 13.0 Å². The minimum Gasteiger partial charge on any atom is -0.496 e. The maximum Gasteiger partial charge on any atom is 0.256 e. The molecular weight excluding hydrogens is 210 g/mol. The van der Waals surface area contributed by atoms with Crippen LogP contribution in [0.4, 0.5) is 0 Å². The zero-order chi connectivity index (χ0) is 12.3. The first-order valence-corrected chi connectivity index (χ1v) is 4.66. The van der Waals surface area contributed by atoms with Gasteiger partial charge in [-0.15, -0.1) is 0 Å². The van der Waals surface area contributed by atoms with Crippen molar-refractivity contribution in [1.29, 1.82) is 0 Å². The third-order valence-corrected chi connectivity index (χ3v) is 2.34. The normalized spacial score (nSPS) is 9.75. The summed E-state index contributed by atoms with van der Waals surface area (Å²) in [7, 11) is 4.45. The number of carbonyl (C=O) groups is 1. The first-order valence-electron chi connectivity index (χ1n) is 4.66. The second-order valence-electron chi connectivity index (χ2n) is 3.18. The SMILES string of the molecule is COc1cc(OC)c(C(N)=O)c(OC)c1C. The molecule has 0 atom stereocenters. The van der Waals surface area contributed by atoms with E-state index in [1.165, 1.54) is 21.3 Å². The Kier molecular flexibility index (Phi) is 3.60. The number of hydrogen-bond donors (Lipinski definition) is 1. The highest BCUT2D eigenvalue weighted by Gasteiger charge is 2.21. The minimum atomic E-state index is -0.598. The number of amides is 1. The fourth-order valence-electron chi connectivity index (χ4n) is 1.57. The highest BCUT2D eigenvalue weighted by molar-refractivity contribution is 5.99. The molecule has 0 fully saturated rings. The summed E-state index contributed by atoms with van der Waals surface area (Å²) in [5.74, 6) is 0.702. The average Bonchev–Trinajstić information content (AvgIpc) is 2.27. The molecular formula is C11H15NO4. The van der Waals surface area contributed by atoms with Crippen molar-refractivity contribution >= 4 is 5.91 Å². The zero-order valence-electron chi connectivity index (χ0n) is 9.79. The number of primary amides is 1. The lowest BCUT2D eigenvalue weighted by atomic mass is 10.1. The molecule has 1 rings (SSSR count). The van der Waals surface area contributed by atoms with Gasteiger partial charge in [0.2, 0.25) is 0 Å². The molecule has 0 radical (unpaired) electrons. The molecule has 0 aliphatic rings. The summed E-state index contributed by atoms with van der Waals surface area (Å²) >= 11 is 0. The van der Waals surface area contributed by atoms with Crippen LogP contribution < -0.4 is 19.9 Å². The van der Waals surface area contributed by atoms with Crippen molar-refractivity contribution < 1.29 is 19.0 Å². The number of benzene rings is 1. The zero-order valence-corrected chi connectivity index (χ0v) is 9.79. The quantitative estimate of drug-likeness (QED) is 0.833. The van der Waals surface area contributed by atoms with Gasteiger partial charge in [-0.05, 0) is 6.92 Å². The Labute approximate surface area is 94.1 Å². The summed E-state index contributed by atoms with van der Waals surface area (Å²) in [6.07, 6.45) is 0. The van der Waals surface area contributed by atoms with E-state index in [4.69, 9.17) is 19.9 Å². The van der Waals surface area contributed by atoms with Crippen molar-refractivity contribution in [1.82, 2.24) is 0 Å². The van der Waals surface area contributed by atoms with Crippen LogP contribution in [0.25, 0.3) is 0 Å². The monoisotopic (exact) mass is 225 g/mol. The van der Waals surface area contributed by atoms with Crippen LogP contribution in [0, 0.1) is 6.92 Å². The van der Waals surface area contributed by atoms with Crippen molar-refractivity contribution in [2.75, 3.05) is 21.3 Å². The summed E-state index contributed by atoms with van der Waals surface area (Å²) < 4.78 is 15.4. The lowest BCUT2D eigenvalue weighted by Gasteiger charge is -2.16. The summed E-state index contributed by atoms with van der Waals surface area (Å²) in [6.45, 7) is 1.78. The van der Waals surface area contributed by atoms with E-state index >= 15 is 0 Å². The van der Waals surface area contributed by atoms with E-state index in [0.717, 1.165) is 0 Å². The molecule has 2 N–H and O–H groups in total. The maximum atomic E-state index is 11.3. The Balaban J connectivity index is 3.57. The number of hydrogen-bond acceptors (Lipinski definition) is 4. The van der Waals surface area contributed by atoms with E-state index in [-0.39, 0.29) is 5.56 Å². The second kappa shape index (κ2) is 4.74. The van der Waals surface area contributed by atoms with Crippen LogP contribution >= 0.6 is 0 Å². The van der Waals surface area contributed by atoms with E-state index in [1.807, 2.05) is 0 Å². The number of methoxy groups -OCH3 is 3. The van der Waals surface area contributed by atoms with Crippen molar-refractivity contribution in [3.05, 3.63) is 17.2 Å². The van der Waals surface area contributed by atoms with Crippen LogP contribution in [0.2, 0.25) is 0 Å². The molecule has 0 spiro atoms. The average molecular weight is 225 g/mol. The van der Waals surface area contributed by atoms with Crippen LogP contribution in [-0.2, 0) is 0 Å². The molecule has 0 aliphatic heterocycles. The smallest absolute Gasteiger partial charge is 0.256 e. The van der Waals surface area contributed by atoms with Gasteiger partial charge in [0.1, 0.15) is 22.8 Å². The predicted octanol–water partition coefficient (Wildman–Crippen LogP) is 1.12. The second-order valence-corrected chi connectivity index (χ2v) is 3.18. The first kappa shape index (κ1) is 12.2. The highest BCUT2D eigenvalue weighted by Crippen LogP contribution is 2.38. The summed E-state index contributed by atoms with van der Waals surface area (Å²) in [4.78, 5) is 11.3. The van der Waals surface area contributed by atoms with Gasteiger partial charge < -0.3 is 19.9 Å². The van der Waals surface area contributed by atoms with E-state index in [0.29, 0.717) is 22.8 Å². The van der Waals surface area contributed by atoms with Gasteiger partial charge in [0, 0.05) is 11.6 Å². The van der Waals surface area contributed by atoms with Gasteiger partial charge in [-0.2, -0.15) is 0 Å². The maximum absolute atomic E-state index is 11.3. The molecule has 0 heterocycles. The van der Waals surface area contributed by atoms with Gasteiger partial charge in [-0.1, -0.05) is 0 Å². The topological polar surface area (TPSA) is 70.8 Å². The molecule has 16 heavy (non-hydrogen) atoms. The molecule has 0 aliphatic carbocycles. The van der Waals surface area contributed by atoms with E-state index in [9.17, 15) is 4.79 Å². The van der Waals surface area contributed by atoms with Crippen molar-refractivity contribution in [2.24, 2.45) is 5.73 Å². The summed E-state index contributed by atoms with van der Waals surface area (Å²) in [6, 6.07) is 1.61. The molecule has 5 nitrogen and oxygen atoms in total. The molecule has 1 aromatic carbocycles. The molecule has 0 aromatic heterocycles.